The van der Waals surface area contributed by atoms with E-state index in [1.165, 1.54) is 0 Å². The Hall–Kier alpha value is -0.340. The van der Waals surface area contributed by atoms with Crippen molar-refractivity contribution in [3.63, 3.8) is 0 Å². The molecule has 0 radical (unpaired) electrons. The highest BCUT2D eigenvalue weighted by Crippen LogP contribution is 2.25. The normalized spacial score (nSPS) is 32.1. The van der Waals surface area contributed by atoms with E-state index in [0.29, 0.717) is 6.10 Å². The highest BCUT2D eigenvalue weighted by molar-refractivity contribution is 4.85. The van der Waals surface area contributed by atoms with Gasteiger partial charge in [0, 0.05) is 0 Å². The van der Waals surface area contributed by atoms with Gasteiger partial charge >= 0.3 is 0 Å². The van der Waals surface area contributed by atoms with E-state index in [4.69, 9.17) is 9.84 Å². The lowest BCUT2D eigenvalue weighted by molar-refractivity contribution is 0.241. The van der Waals surface area contributed by atoms with Crippen molar-refractivity contribution in [1.82, 2.24) is 0 Å². The molecule has 52 valence electrons. The van der Waals surface area contributed by atoms with E-state index >= 15 is 0 Å². The van der Waals surface area contributed by atoms with Gasteiger partial charge in [0.05, 0.1) is 12.7 Å². The third kappa shape index (κ3) is 1.80. The van der Waals surface area contributed by atoms with Crippen molar-refractivity contribution in [2.75, 3.05) is 6.61 Å². The standard InChI is InChI=1S/C7H12O2/c1-2-3-4-6-7(5-8)9-6/h2,6-8H,1,3-5H2/t6-,7-/m1/s1. The molecule has 2 nitrogen and oxygen atoms in total. The fourth-order valence-electron chi connectivity index (χ4n) is 0.876. The molecule has 0 aromatic carbocycles. The van der Waals surface area contributed by atoms with E-state index in [2.05, 4.69) is 6.58 Å². The van der Waals surface area contributed by atoms with Crippen LogP contribution in [0.15, 0.2) is 12.7 Å². The van der Waals surface area contributed by atoms with Crippen molar-refractivity contribution >= 4 is 0 Å². The molecule has 0 aromatic rings. The van der Waals surface area contributed by atoms with Crippen LogP contribution in [0.4, 0.5) is 0 Å². The summed E-state index contributed by atoms with van der Waals surface area (Å²) in [6.07, 6.45) is 4.31. The van der Waals surface area contributed by atoms with Crippen molar-refractivity contribution < 1.29 is 9.84 Å². The Morgan fingerprint density at radius 1 is 1.56 bits per heavy atom. The molecule has 1 N–H and O–H groups in total. The quantitative estimate of drug-likeness (QED) is 0.447. The van der Waals surface area contributed by atoms with Crippen LogP contribution in [0, 0.1) is 0 Å². The third-order valence-electron chi connectivity index (χ3n) is 1.52. The number of hydrogen-bond acceptors (Lipinski definition) is 2. The fraction of sp³-hybridized carbons (Fsp3) is 0.714. The molecular weight excluding hydrogens is 116 g/mol. The Morgan fingerprint density at radius 2 is 2.33 bits per heavy atom. The Balaban J connectivity index is 1.98. The van der Waals surface area contributed by atoms with Gasteiger partial charge < -0.3 is 9.84 Å². The molecule has 2 atom stereocenters. The molecule has 0 bridgehead atoms. The van der Waals surface area contributed by atoms with Gasteiger partial charge in [0.1, 0.15) is 6.10 Å². The minimum Gasteiger partial charge on any atom is -0.394 e. The smallest absolute Gasteiger partial charge is 0.107 e. The number of aliphatic hydroxyl groups excluding tert-OH is 1. The van der Waals surface area contributed by atoms with Gasteiger partial charge in [-0.1, -0.05) is 6.08 Å². The summed E-state index contributed by atoms with van der Waals surface area (Å²) in [5.41, 5.74) is 0. The number of hydrogen-bond donors (Lipinski definition) is 1. The summed E-state index contributed by atoms with van der Waals surface area (Å²) in [5, 5.41) is 8.52. The van der Waals surface area contributed by atoms with Crippen LogP contribution >= 0.6 is 0 Å². The fourth-order valence-corrected chi connectivity index (χ4v) is 0.876. The second kappa shape index (κ2) is 2.99. The lowest BCUT2D eigenvalue weighted by atomic mass is 10.2. The lowest BCUT2D eigenvalue weighted by Crippen LogP contribution is -1.97. The van der Waals surface area contributed by atoms with Crippen LogP contribution in [0.25, 0.3) is 0 Å². The predicted octanol–water partition coefficient (Wildman–Crippen LogP) is 0.712. The second-order valence-electron chi connectivity index (χ2n) is 2.26. The summed E-state index contributed by atoms with van der Waals surface area (Å²) in [6.45, 7) is 3.76. The first-order valence-electron chi connectivity index (χ1n) is 3.25. The van der Waals surface area contributed by atoms with Gasteiger partial charge in [-0.3, -0.25) is 0 Å². The van der Waals surface area contributed by atoms with Crippen molar-refractivity contribution in [3.05, 3.63) is 12.7 Å². The van der Waals surface area contributed by atoms with Crippen LogP contribution in [0.5, 0.6) is 0 Å². The van der Waals surface area contributed by atoms with Crippen molar-refractivity contribution in [1.29, 1.82) is 0 Å². The summed E-state index contributed by atoms with van der Waals surface area (Å²) in [7, 11) is 0. The van der Waals surface area contributed by atoms with Crippen molar-refractivity contribution in [3.8, 4) is 0 Å². The number of epoxide rings is 1. The summed E-state index contributed by atoms with van der Waals surface area (Å²) < 4.78 is 5.07. The first-order chi connectivity index (χ1) is 4.38. The second-order valence-corrected chi connectivity index (χ2v) is 2.26. The topological polar surface area (TPSA) is 32.8 Å². The van der Waals surface area contributed by atoms with Gasteiger partial charge in [-0.05, 0) is 12.8 Å². The van der Waals surface area contributed by atoms with E-state index in [1.807, 2.05) is 6.08 Å². The zero-order valence-corrected chi connectivity index (χ0v) is 5.42. The summed E-state index contributed by atoms with van der Waals surface area (Å²) in [4.78, 5) is 0. The van der Waals surface area contributed by atoms with Crippen molar-refractivity contribution in [2.45, 2.75) is 25.0 Å². The predicted molar refractivity (Wildman–Crippen MR) is 35.2 cm³/mol. The van der Waals surface area contributed by atoms with Crippen LogP contribution in [-0.4, -0.2) is 23.9 Å². The first kappa shape index (κ1) is 6.78. The third-order valence-corrected chi connectivity index (χ3v) is 1.52. The van der Waals surface area contributed by atoms with Crippen LogP contribution in [0.2, 0.25) is 0 Å². The molecule has 9 heavy (non-hydrogen) atoms. The minimum atomic E-state index is 0.130. The number of rotatable bonds is 4. The Kier molecular flexibility index (Phi) is 2.25. The molecule has 1 saturated heterocycles. The van der Waals surface area contributed by atoms with Crippen LogP contribution < -0.4 is 0 Å². The maximum Gasteiger partial charge on any atom is 0.107 e. The van der Waals surface area contributed by atoms with E-state index in [1.54, 1.807) is 0 Å². The lowest BCUT2D eigenvalue weighted by Gasteiger charge is -1.85. The van der Waals surface area contributed by atoms with Crippen LogP contribution in [-0.2, 0) is 4.74 Å². The van der Waals surface area contributed by atoms with Gasteiger partial charge in [0.15, 0.2) is 0 Å². The zero-order valence-electron chi connectivity index (χ0n) is 5.42. The van der Waals surface area contributed by atoms with Crippen LogP contribution in [0.3, 0.4) is 0 Å². The first-order valence-corrected chi connectivity index (χ1v) is 3.25. The molecule has 0 amide bonds. The molecule has 1 aliphatic heterocycles. The molecule has 0 unspecified atom stereocenters. The molecule has 1 rings (SSSR count). The largest absolute Gasteiger partial charge is 0.394 e. The maximum atomic E-state index is 8.52. The van der Waals surface area contributed by atoms with Crippen molar-refractivity contribution in [2.24, 2.45) is 0 Å². The average molecular weight is 128 g/mol. The molecule has 0 saturated carbocycles. The summed E-state index contributed by atoms with van der Waals surface area (Å²) >= 11 is 0. The number of aliphatic hydroxyl groups is 1. The van der Waals surface area contributed by atoms with Gasteiger partial charge in [-0.15, -0.1) is 6.58 Å². The maximum absolute atomic E-state index is 8.52. The van der Waals surface area contributed by atoms with E-state index in [9.17, 15) is 0 Å². The van der Waals surface area contributed by atoms with E-state index in [-0.39, 0.29) is 12.7 Å². The SMILES string of the molecule is C=CCC[C@H]1O[C@@H]1CO. The molecule has 0 spiro atoms. The molecule has 2 heteroatoms. The Bertz CT molecular complexity index is 101. The summed E-state index contributed by atoms with van der Waals surface area (Å²) in [5.74, 6) is 0. The molecule has 0 aromatic heterocycles. The van der Waals surface area contributed by atoms with E-state index in [0.717, 1.165) is 12.8 Å². The molecule has 0 aliphatic carbocycles. The highest BCUT2D eigenvalue weighted by atomic mass is 16.6. The minimum absolute atomic E-state index is 0.130. The van der Waals surface area contributed by atoms with Gasteiger partial charge in [-0.2, -0.15) is 0 Å². The molecule has 1 aliphatic rings. The highest BCUT2D eigenvalue weighted by Gasteiger charge is 2.36. The molecule has 1 heterocycles. The molecule has 1 fully saturated rings. The number of allylic oxidation sites excluding steroid dienone is 1. The zero-order chi connectivity index (χ0) is 6.69. The van der Waals surface area contributed by atoms with Crippen LogP contribution in [0.1, 0.15) is 12.8 Å². The van der Waals surface area contributed by atoms with Gasteiger partial charge in [-0.25, -0.2) is 0 Å². The molecular formula is C7H12O2. The Labute approximate surface area is 55.1 Å². The monoisotopic (exact) mass is 128 g/mol. The average Bonchev–Trinajstić information content (AvgIpc) is 2.62. The van der Waals surface area contributed by atoms with E-state index < -0.39 is 0 Å². The van der Waals surface area contributed by atoms with Gasteiger partial charge in [0.25, 0.3) is 0 Å². The Morgan fingerprint density at radius 3 is 2.78 bits per heavy atom. The van der Waals surface area contributed by atoms with Gasteiger partial charge in [0.2, 0.25) is 0 Å². The summed E-state index contributed by atoms with van der Waals surface area (Å²) in [6, 6.07) is 0. The number of ether oxygens (including phenoxy) is 1.